The number of carbonyl (C=O) groups is 1. The van der Waals surface area contributed by atoms with E-state index < -0.39 is 10.0 Å². The minimum atomic E-state index is -3.33. The molecular formula is C16H20N4O3S. The fraction of sp³-hybridized carbons (Fsp3) is 0.312. The summed E-state index contributed by atoms with van der Waals surface area (Å²) in [5.41, 5.74) is 1.72. The average Bonchev–Trinajstić information content (AvgIpc) is 2.59. The van der Waals surface area contributed by atoms with Crippen LogP contribution in [0.3, 0.4) is 0 Å². The number of amides is 1. The van der Waals surface area contributed by atoms with Crippen LogP contribution in [0.5, 0.6) is 0 Å². The van der Waals surface area contributed by atoms with Gasteiger partial charge < -0.3 is 4.90 Å². The van der Waals surface area contributed by atoms with E-state index in [9.17, 15) is 13.2 Å². The first-order valence-electron chi connectivity index (χ1n) is 7.29. The van der Waals surface area contributed by atoms with Crippen molar-refractivity contribution in [3.8, 4) is 0 Å². The van der Waals surface area contributed by atoms with E-state index >= 15 is 0 Å². The van der Waals surface area contributed by atoms with Crippen molar-refractivity contribution in [1.29, 1.82) is 0 Å². The maximum Gasteiger partial charge on any atom is 0.254 e. The molecule has 0 saturated heterocycles. The fourth-order valence-corrected chi connectivity index (χ4v) is 2.64. The molecule has 1 amide bonds. The molecule has 1 unspecified atom stereocenters. The molecule has 1 heterocycles. The Kier molecular flexibility index (Phi) is 5.18. The summed E-state index contributed by atoms with van der Waals surface area (Å²) in [6.45, 7) is 1.88. The van der Waals surface area contributed by atoms with E-state index in [0.717, 1.165) is 16.3 Å². The number of aromatic nitrogens is 2. The number of nitrogens with zero attached hydrogens (tertiary/aromatic N) is 4. The van der Waals surface area contributed by atoms with Crippen molar-refractivity contribution in [1.82, 2.24) is 14.9 Å². The molecule has 2 rings (SSSR count). The molecule has 0 radical (unpaired) electrons. The molecule has 2 aromatic rings. The highest BCUT2D eigenvalue weighted by molar-refractivity contribution is 7.92. The summed E-state index contributed by atoms with van der Waals surface area (Å²) in [7, 11) is -0.163. The van der Waals surface area contributed by atoms with Crippen LogP contribution in [0.15, 0.2) is 42.9 Å². The Morgan fingerprint density at radius 2 is 1.75 bits per heavy atom. The van der Waals surface area contributed by atoms with Crippen LogP contribution in [0.2, 0.25) is 0 Å². The number of sulfonamides is 1. The molecule has 1 atom stereocenters. The second-order valence-corrected chi connectivity index (χ2v) is 7.52. The van der Waals surface area contributed by atoms with Crippen molar-refractivity contribution in [3.05, 3.63) is 54.1 Å². The molecule has 24 heavy (non-hydrogen) atoms. The van der Waals surface area contributed by atoms with Crippen molar-refractivity contribution < 1.29 is 13.2 Å². The minimum Gasteiger partial charge on any atom is -0.333 e. The van der Waals surface area contributed by atoms with Gasteiger partial charge in [-0.25, -0.2) is 18.4 Å². The molecule has 0 N–H and O–H groups in total. The van der Waals surface area contributed by atoms with Crippen LogP contribution >= 0.6 is 0 Å². The Hall–Kier alpha value is -2.48. The highest BCUT2D eigenvalue weighted by Gasteiger charge is 2.20. The zero-order chi connectivity index (χ0) is 17.9. The first-order chi connectivity index (χ1) is 11.2. The van der Waals surface area contributed by atoms with Gasteiger partial charge in [0.15, 0.2) is 0 Å². The quantitative estimate of drug-likeness (QED) is 0.821. The van der Waals surface area contributed by atoms with Crippen molar-refractivity contribution in [2.75, 3.05) is 24.7 Å². The summed E-state index contributed by atoms with van der Waals surface area (Å²) in [4.78, 5) is 22.2. The Morgan fingerprint density at radius 1 is 1.12 bits per heavy atom. The van der Waals surface area contributed by atoms with Crippen LogP contribution in [0, 0.1) is 0 Å². The smallest absolute Gasteiger partial charge is 0.254 e. The lowest BCUT2D eigenvalue weighted by atomic mass is 10.1. The second kappa shape index (κ2) is 6.96. The van der Waals surface area contributed by atoms with Crippen LogP contribution in [0.25, 0.3) is 0 Å². The van der Waals surface area contributed by atoms with Gasteiger partial charge >= 0.3 is 0 Å². The van der Waals surface area contributed by atoms with Gasteiger partial charge in [-0.05, 0) is 37.3 Å². The molecule has 0 saturated carbocycles. The molecule has 0 aliphatic carbocycles. The lowest BCUT2D eigenvalue weighted by Crippen LogP contribution is -2.30. The Balaban J connectivity index is 2.18. The average molecular weight is 348 g/mol. The van der Waals surface area contributed by atoms with Crippen LogP contribution in [-0.4, -0.2) is 49.5 Å². The predicted molar refractivity (Wildman–Crippen MR) is 92.2 cm³/mol. The number of anilines is 1. The summed E-state index contributed by atoms with van der Waals surface area (Å²) in [6.07, 6.45) is 4.20. The van der Waals surface area contributed by atoms with Gasteiger partial charge in [0.25, 0.3) is 5.91 Å². The summed E-state index contributed by atoms with van der Waals surface area (Å²) < 4.78 is 24.2. The molecular weight excluding hydrogens is 328 g/mol. The minimum absolute atomic E-state index is 0.172. The van der Waals surface area contributed by atoms with Crippen LogP contribution in [0.4, 0.5) is 5.69 Å². The summed E-state index contributed by atoms with van der Waals surface area (Å²) >= 11 is 0. The Labute approximate surface area is 142 Å². The summed E-state index contributed by atoms with van der Waals surface area (Å²) in [5, 5.41) is 0. The number of benzene rings is 1. The molecule has 8 heteroatoms. The maximum absolute atomic E-state index is 12.6. The summed E-state index contributed by atoms with van der Waals surface area (Å²) in [5.74, 6) is -0.172. The fourth-order valence-electron chi connectivity index (χ4n) is 2.13. The maximum atomic E-state index is 12.6. The van der Waals surface area contributed by atoms with Crippen LogP contribution in [0.1, 0.15) is 29.0 Å². The molecule has 0 spiro atoms. The van der Waals surface area contributed by atoms with E-state index in [2.05, 4.69) is 9.97 Å². The number of carbonyl (C=O) groups excluding carboxylic acids is 1. The van der Waals surface area contributed by atoms with E-state index in [-0.39, 0.29) is 11.9 Å². The zero-order valence-electron chi connectivity index (χ0n) is 14.0. The van der Waals surface area contributed by atoms with Gasteiger partial charge in [0, 0.05) is 25.9 Å². The molecule has 128 valence electrons. The van der Waals surface area contributed by atoms with Gasteiger partial charge in [-0.3, -0.25) is 9.10 Å². The predicted octanol–water partition coefficient (Wildman–Crippen LogP) is 1.71. The van der Waals surface area contributed by atoms with Crippen LogP contribution < -0.4 is 4.31 Å². The highest BCUT2D eigenvalue weighted by Crippen LogP contribution is 2.21. The third-order valence-electron chi connectivity index (χ3n) is 3.91. The molecule has 0 aliphatic heterocycles. The topological polar surface area (TPSA) is 83.5 Å². The Morgan fingerprint density at radius 3 is 2.25 bits per heavy atom. The Bertz CT molecular complexity index is 807. The second-order valence-electron chi connectivity index (χ2n) is 5.50. The van der Waals surface area contributed by atoms with Crippen molar-refractivity contribution >= 4 is 21.6 Å². The van der Waals surface area contributed by atoms with Crippen molar-refractivity contribution in [2.24, 2.45) is 0 Å². The van der Waals surface area contributed by atoms with Gasteiger partial charge in [-0.1, -0.05) is 0 Å². The first kappa shape index (κ1) is 17.9. The monoisotopic (exact) mass is 348 g/mol. The van der Waals surface area contributed by atoms with Gasteiger partial charge in [0.05, 0.1) is 23.7 Å². The lowest BCUT2D eigenvalue weighted by molar-refractivity contribution is 0.0739. The zero-order valence-corrected chi connectivity index (χ0v) is 14.9. The third kappa shape index (κ3) is 3.88. The van der Waals surface area contributed by atoms with E-state index in [1.54, 1.807) is 48.5 Å². The first-order valence-corrected chi connectivity index (χ1v) is 9.13. The standard InChI is InChI=1S/C16H20N4O3S/c1-12(15-9-10-17-11-18-15)19(2)16(21)13-5-7-14(8-6-13)20(3)24(4,22)23/h5-12H,1-4H3. The normalized spacial score (nSPS) is 12.5. The van der Waals surface area contributed by atoms with Crippen molar-refractivity contribution in [3.63, 3.8) is 0 Å². The third-order valence-corrected chi connectivity index (χ3v) is 5.12. The highest BCUT2D eigenvalue weighted by atomic mass is 32.2. The van der Waals surface area contributed by atoms with Gasteiger partial charge in [0.1, 0.15) is 6.33 Å². The summed E-state index contributed by atoms with van der Waals surface area (Å²) in [6, 6.07) is 8.00. The molecule has 0 aliphatic rings. The largest absolute Gasteiger partial charge is 0.333 e. The number of hydrogen-bond donors (Lipinski definition) is 0. The van der Waals surface area contributed by atoms with Gasteiger partial charge in [-0.2, -0.15) is 0 Å². The number of hydrogen-bond acceptors (Lipinski definition) is 5. The van der Waals surface area contributed by atoms with Crippen LogP contribution in [-0.2, 0) is 10.0 Å². The van der Waals surface area contributed by atoms with E-state index in [1.165, 1.54) is 13.4 Å². The van der Waals surface area contributed by atoms with E-state index in [0.29, 0.717) is 11.3 Å². The van der Waals surface area contributed by atoms with Gasteiger partial charge in [0.2, 0.25) is 10.0 Å². The molecule has 1 aromatic heterocycles. The van der Waals surface area contributed by atoms with E-state index in [4.69, 9.17) is 0 Å². The SMILES string of the molecule is CC(c1ccncn1)N(C)C(=O)c1ccc(N(C)S(C)(=O)=O)cc1. The van der Waals surface area contributed by atoms with E-state index in [1.807, 2.05) is 6.92 Å². The van der Waals surface area contributed by atoms with Gasteiger partial charge in [-0.15, -0.1) is 0 Å². The molecule has 1 aromatic carbocycles. The lowest BCUT2D eigenvalue weighted by Gasteiger charge is -2.24. The number of rotatable bonds is 5. The molecule has 0 fully saturated rings. The molecule has 0 bridgehead atoms. The molecule has 7 nitrogen and oxygen atoms in total. The van der Waals surface area contributed by atoms with Crippen molar-refractivity contribution in [2.45, 2.75) is 13.0 Å².